The molecular weight excluding hydrogens is 248 g/mol. The van der Waals surface area contributed by atoms with E-state index in [1.165, 1.54) is 5.56 Å². The second-order valence-electron chi connectivity index (χ2n) is 5.16. The van der Waals surface area contributed by atoms with Gasteiger partial charge >= 0.3 is 0 Å². The molecule has 0 radical (unpaired) electrons. The summed E-state index contributed by atoms with van der Waals surface area (Å²) in [6.07, 6.45) is 0.508. The summed E-state index contributed by atoms with van der Waals surface area (Å²) in [5.74, 6) is 1.32. The van der Waals surface area contributed by atoms with Gasteiger partial charge in [0.15, 0.2) is 0 Å². The number of aliphatic hydroxyl groups is 1. The van der Waals surface area contributed by atoms with Gasteiger partial charge in [-0.2, -0.15) is 0 Å². The Kier molecular flexibility index (Phi) is 4.80. The van der Waals surface area contributed by atoms with Gasteiger partial charge in [0.1, 0.15) is 11.9 Å². The van der Waals surface area contributed by atoms with Crippen LogP contribution in [0, 0.1) is 0 Å². The average Bonchev–Trinajstić information content (AvgIpc) is 2.53. The molecule has 2 unspecified atom stereocenters. The van der Waals surface area contributed by atoms with Gasteiger partial charge in [0, 0.05) is 0 Å². The van der Waals surface area contributed by atoms with Crippen molar-refractivity contribution < 1.29 is 9.84 Å². The summed E-state index contributed by atoms with van der Waals surface area (Å²) in [7, 11) is 1.63. The second-order valence-corrected chi connectivity index (χ2v) is 5.16. The zero-order valence-corrected chi connectivity index (χ0v) is 12.3. The predicted molar refractivity (Wildman–Crippen MR) is 82.2 cm³/mol. The highest BCUT2D eigenvalue weighted by Crippen LogP contribution is 2.27. The second kappa shape index (κ2) is 6.58. The summed E-state index contributed by atoms with van der Waals surface area (Å²) in [6, 6.07) is 15.8. The van der Waals surface area contributed by atoms with Crippen LogP contribution in [-0.4, -0.2) is 12.2 Å². The van der Waals surface area contributed by atoms with Gasteiger partial charge < -0.3 is 9.84 Å². The van der Waals surface area contributed by atoms with E-state index < -0.39 is 6.10 Å². The molecule has 0 amide bonds. The molecule has 0 saturated heterocycles. The van der Waals surface area contributed by atoms with Crippen molar-refractivity contribution in [3.63, 3.8) is 0 Å². The molecule has 2 aromatic carbocycles. The van der Waals surface area contributed by atoms with Crippen LogP contribution in [0.1, 0.15) is 49.0 Å². The summed E-state index contributed by atoms with van der Waals surface area (Å²) >= 11 is 0. The molecule has 2 heteroatoms. The molecular formula is C18H22O2. The van der Waals surface area contributed by atoms with Crippen molar-refractivity contribution in [2.45, 2.75) is 32.3 Å². The molecule has 0 aromatic heterocycles. The lowest BCUT2D eigenvalue weighted by molar-refractivity contribution is 0.219. The molecule has 106 valence electrons. The molecule has 0 aliphatic carbocycles. The van der Waals surface area contributed by atoms with E-state index in [-0.39, 0.29) is 0 Å². The maximum absolute atomic E-state index is 10.4. The highest BCUT2D eigenvalue weighted by Gasteiger charge is 2.12. The maximum Gasteiger partial charge on any atom is 0.119 e. The molecule has 0 aliphatic rings. The smallest absolute Gasteiger partial charge is 0.119 e. The standard InChI is InChI=1S/C18H22O2/c1-4-13(2)14-8-10-15(11-9-14)18(19)16-6-5-7-17(12-16)20-3/h5-13,18-19H,4H2,1-3H3. The predicted octanol–water partition coefficient (Wildman–Crippen LogP) is 4.29. The molecule has 2 rings (SSSR count). The fraction of sp³-hybridized carbons (Fsp3) is 0.333. The lowest BCUT2D eigenvalue weighted by Crippen LogP contribution is -2.01. The fourth-order valence-corrected chi connectivity index (χ4v) is 2.25. The van der Waals surface area contributed by atoms with E-state index in [9.17, 15) is 5.11 Å². The summed E-state index contributed by atoms with van der Waals surface area (Å²) in [5.41, 5.74) is 3.07. The highest BCUT2D eigenvalue weighted by atomic mass is 16.5. The Morgan fingerprint density at radius 2 is 1.65 bits per heavy atom. The number of benzene rings is 2. The van der Waals surface area contributed by atoms with Gasteiger partial charge in [-0.1, -0.05) is 50.2 Å². The van der Waals surface area contributed by atoms with E-state index >= 15 is 0 Å². The normalized spacial score (nSPS) is 13.8. The number of hydrogen-bond donors (Lipinski definition) is 1. The molecule has 20 heavy (non-hydrogen) atoms. The van der Waals surface area contributed by atoms with Crippen LogP contribution < -0.4 is 4.74 Å². The van der Waals surface area contributed by atoms with E-state index in [1.807, 2.05) is 36.4 Å². The van der Waals surface area contributed by atoms with E-state index in [0.717, 1.165) is 23.3 Å². The van der Waals surface area contributed by atoms with E-state index in [1.54, 1.807) is 7.11 Å². The van der Waals surface area contributed by atoms with E-state index in [4.69, 9.17) is 4.74 Å². The van der Waals surface area contributed by atoms with Crippen LogP contribution >= 0.6 is 0 Å². The molecule has 0 fully saturated rings. The van der Waals surface area contributed by atoms with E-state index in [0.29, 0.717) is 5.92 Å². The van der Waals surface area contributed by atoms with Crippen molar-refractivity contribution in [3.8, 4) is 5.75 Å². The summed E-state index contributed by atoms with van der Waals surface area (Å²) in [4.78, 5) is 0. The third kappa shape index (κ3) is 3.20. The zero-order valence-electron chi connectivity index (χ0n) is 12.3. The summed E-state index contributed by atoms with van der Waals surface area (Å²) in [5, 5.41) is 10.4. The van der Waals surface area contributed by atoms with Gasteiger partial charge in [-0.15, -0.1) is 0 Å². The Morgan fingerprint density at radius 1 is 1.00 bits per heavy atom. The topological polar surface area (TPSA) is 29.5 Å². The van der Waals surface area contributed by atoms with Crippen molar-refractivity contribution in [1.82, 2.24) is 0 Å². The first-order valence-corrected chi connectivity index (χ1v) is 7.07. The Morgan fingerprint density at radius 3 is 2.25 bits per heavy atom. The highest BCUT2D eigenvalue weighted by molar-refractivity contribution is 5.36. The van der Waals surface area contributed by atoms with Crippen LogP contribution in [0.25, 0.3) is 0 Å². The van der Waals surface area contributed by atoms with Crippen LogP contribution in [0.15, 0.2) is 48.5 Å². The monoisotopic (exact) mass is 270 g/mol. The van der Waals surface area contributed by atoms with Crippen LogP contribution in [0.5, 0.6) is 5.75 Å². The Hall–Kier alpha value is -1.80. The van der Waals surface area contributed by atoms with Gasteiger partial charge in [-0.3, -0.25) is 0 Å². The number of ether oxygens (including phenoxy) is 1. The van der Waals surface area contributed by atoms with Crippen LogP contribution in [0.2, 0.25) is 0 Å². The van der Waals surface area contributed by atoms with Gasteiger partial charge in [-0.05, 0) is 41.2 Å². The minimum absolute atomic E-state index is 0.554. The molecule has 2 nitrogen and oxygen atoms in total. The van der Waals surface area contributed by atoms with Gasteiger partial charge in [0.2, 0.25) is 0 Å². The molecule has 0 spiro atoms. The lowest BCUT2D eigenvalue weighted by Gasteiger charge is -2.14. The Bertz CT molecular complexity index is 546. The molecule has 1 N–H and O–H groups in total. The summed E-state index contributed by atoms with van der Waals surface area (Å²) < 4.78 is 5.19. The van der Waals surface area contributed by atoms with Crippen molar-refractivity contribution in [2.75, 3.05) is 7.11 Å². The molecule has 0 saturated carbocycles. The minimum atomic E-state index is -0.615. The SMILES string of the molecule is CCC(C)c1ccc(C(O)c2cccc(OC)c2)cc1. The molecule has 0 aliphatic heterocycles. The zero-order chi connectivity index (χ0) is 14.5. The first-order chi connectivity index (χ1) is 9.65. The largest absolute Gasteiger partial charge is 0.497 e. The van der Waals surface area contributed by atoms with Crippen molar-refractivity contribution in [2.24, 2.45) is 0 Å². The van der Waals surface area contributed by atoms with Gasteiger partial charge in [-0.25, -0.2) is 0 Å². The van der Waals surface area contributed by atoms with Crippen LogP contribution in [-0.2, 0) is 0 Å². The minimum Gasteiger partial charge on any atom is -0.497 e. The van der Waals surface area contributed by atoms with Crippen LogP contribution in [0.3, 0.4) is 0 Å². The quantitative estimate of drug-likeness (QED) is 0.878. The van der Waals surface area contributed by atoms with Gasteiger partial charge in [0.25, 0.3) is 0 Å². The molecule has 0 heterocycles. The van der Waals surface area contributed by atoms with Crippen molar-refractivity contribution in [3.05, 3.63) is 65.2 Å². The number of methoxy groups -OCH3 is 1. The van der Waals surface area contributed by atoms with Crippen molar-refractivity contribution in [1.29, 1.82) is 0 Å². The number of aliphatic hydroxyl groups excluding tert-OH is 1. The van der Waals surface area contributed by atoms with Gasteiger partial charge in [0.05, 0.1) is 7.11 Å². The first kappa shape index (κ1) is 14.6. The molecule has 0 bridgehead atoms. The lowest BCUT2D eigenvalue weighted by atomic mass is 9.95. The molecule has 2 atom stereocenters. The maximum atomic E-state index is 10.4. The van der Waals surface area contributed by atoms with E-state index in [2.05, 4.69) is 26.0 Å². The van der Waals surface area contributed by atoms with Crippen molar-refractivity contribution >= 4 is 0 Å². The third-order valence-electron chi connectivity index (χ3n) is 3.84. The third-order valence-corrected chi connectivity index (χ3v) is 3.84. The molecule has 2 aromatic rings. The summed E-state index contributed by atoms with van der Waals surface area (Å²) in [6.45, 7) is 4.40. The Balaban J connectivity index is 2.22. The number of rotatable bonds is 5. The fourth-order valence-electron chi connectivity index (χ4n) is 2.25. The first-order valence-electron chi connectivity index (χ1n) is 7.07. The average molecular weight is 270 g/mol. The Labute approximate surface area is 121 Å². The number of hydrogen-bond acceptors (Lipinski definition) is 2. The van der Waals surface area contributed by atoms with Crippen LogP contribution in [0.4, 0.5) is 0 Å².